The van der Waals surface area contributed by atoms with Gasteiger partial charge in [-0.25, -0.2) is 0 Å². The number of carbonyl (C=O) groups excluding carboxylic acids is 1. The van der Waals surface area contributed by atoms with Crippen molar-refractivity contribution in [2.75, 3.05) is 27.3 Å². The van der Waals surface area contributed by atoms with E-state index in [1.54, 1.807) is 12.0 Å². The molecule has 5 heteroatoms. The van der Waals surface area contributed by atoms with Crippen molar-refractivity contribution < 1.29 is 14.3 Å². The molecule has 124 valence electrons. The van der Waals surface area contributed by atoms with Gasteiger partial charge in [0.15, 0.2) is 0 Å². The molecule has 0 bridgehead atoms. The molecule has 1 amide bonds. The molecule has 0 aliphatic heterocycles. The van der Waals surface area contributed by atoms with Gasteiger partial charge in [0.1, 0.15) is 11.5 Å². The van der Waals surface area contributed by atoms with Crippen LogP contribution in [0.25, 0.3) is 0 Å². The number of carbonyl (C=O) groups is 1. The standard InChI is InChI=1S/C17H28N2O3/c1-13(2)16(18)9-11-19(3)17(20)10-12-22-15-7-5-14(21-4)6-8-15/h5-8,13,16H,9-12,18H2,1-4H3. The first kappa shape index (κ1) is 18.3. The molecule has 0 saturated carbocycles. The Labute approximate surface area is 133 Å². The second-order valence-corrected chi connectivity index (χ2v) is 5.79. The van der Waals surface area contributed by atoms with Crippen LogP contribution in [-0.4, -0.2) is 44.2 Å². The third-order valence-corrected chi connectivity index (χ3v) is 3.72. The maximum Gasteiger partial charge on any atom is 0.225 e. The topological polar surface area (TPSA) is 64.8 Å². The van der Waals surface area contributed by atoms with Crippen LogP contribution in [0, 0.1) is 5.92 Å². The average Bonchev–Trinajstić information content (AvgIpc) is 2.52. The van der Waals surface area contributed by atoms with Crippen LogP contribution in [0.4, 0.5) is 0 Å². The monoisotopic (exact) mass is 308 g/mol. The highest BCUT2D eigenvalue weighted by Gasteiger charge is 2.12. The first-order valence-electron chi connectivity index (χ1n) is 7.70. The van der Waals surface area contributed by atoms with Crippen molar-refractivity contribution in [3.8, 4) is 11.5 Å². The Bertz CT molecular complexity index is 446. The zero-order valence-electron chi connectivity index (χ0n) is 14.0. The van der Waals surface area contributed by atoms with Crippen LogP contribution in [0.2, 0.25) is 0 Å². The van der Waals surface area contributed by atoms with Gasteiger partial charge < -0.3 is 20.1 Å². The summed E-state index contributed by atoms with van der Waals surface area (Å²) < 4.78 is 10.6. The van der Waals surface area contributed by atoms with Crippen LogP contribution in [0.5, 0.6) is 11.5 Å². The molecule has 0 heterocycles. The maximum atomic E-state index is 12.0. The molecule has 0 radical (unpaired) electrons. The summed E-state index contributed by atoms with van der Waals surface area (Å²) in [6.07, 6.45) is 1.18. The molecular weight excluding hydrogens is 280 g/mol. The number of methoxy groups -OCH3 is 1. The summed E-state index contributed by atoms with van der Waals surface area (Å²) >= 11 is 0. The second kappa shape index (κ2) is 9.30. The lowest BCUT2D eigenvalue weighted by Gasteiger charge is -2.21. The quantitative estimate of drug-likeness (QED) is 0.760. The molecule has 0 fully saturated rings. The Balaban J connectivity index is 2.26. The largest absolute Gasteiger partial charge is 0.497 e. The first-order valence-corrected chi connectivity index (χ1v) is 7.70. The van der Waals surface area contributed by atoms with Crippen molar-refractivity contribution in [2.45, 2.75) is 32.7 Å². The highest BCUT2D eigenvalue weighted by Crippen LogP contribution is 2.17. The predicted octanol–water partition coefficient (Wildman–Crippen LogP) is 2.30. The van der Waals surface area contributed by atoms with Crippen LogP contribution >= 0.6 is 0 Å². The molecule has 1 rings (SSSR count). The molecule has 1 unspecified atom stereocenters. The number of benzene rings is 1. The Hall–Kier alpha value is -1.75. The van der Waals surface area contributed by atoms with Crippen molar-refractivity contribution in [1.82, 2.24) is 4.90 Å². The number of amides is 1. The second-order valence-electron chi connectivity index (χ2n) is 5.79. The lowest BCUT2D eigenvalue weighted by Crippen LogP contribution is -2.35. The smallest absolute Gasteiger partial charge is 0.225 e. The molecule has 0 aromatic heterocycles. The highest BCUT2D eigenvalue weighted by atomic mass is 16.5. The third-order valence-electron chi connectivity index (χ3n) is 3.72. The van der Waals surface area contributed by atoms with E-state index in [0.717, 1.165) is 17.9 Å². The van der Waals surface area contributed by atoms with Crippen molar-refractivity contribution in [3.05, 3.63) is 24.3 Å². The molecule has 1 atom stereocenters. The van der Waals surface area contributed by atoms with Gasteiger partial charge in [-0.1, -0.05) is 13.8 Å². The number of nitrogens with two attached hydrogens (primary N) is 1. The first-order chi connectivity index (χ1) is 10.4. The van der Waals surface area contributed by atoms with E-state index < -0.39 is 0 Å². The summed E-state index contributed by atoms with van der Waals surface area (Å²) in [4.78, 5) is 13.7. The molecule has 5 nitrogen and oxygen atoms in total. The van der Waals surface area contributed by atoms with Crippen molar-refractivity contribution in [3.63, 3.8) is 0 Å². The Kier molecular flexibility index (Phi) is 7.74. The molecule has 1 aromatic carbocycles. The fourth-order valence-corrected chi connectivity index (χ4v) is 1.92. The molecule has 0 aliphatic rings. The van der Waals surface area contributed by atoms with E-state index in [0.29, 0.717) is 25.5 Å². The van der Waals surface area contributed by atoms with Crippen LogP contribution in [0.3, 0.4) is 0 Å². The number of ether oxygens (including phenoxy) is 2. The van der Waals surface area contributed by atoms with E-state index in [9.17, 15) is 4.79 Å². The Morgan fingerprint density at radius 1 is 1.23 bits per heavy atom. The summed E-state index contributed by atoms with van der Waals surface area (Å²) in [5.74, 6) is 2.02. The molecule has 0 spiro atoms. The molecule has 0 aliphatic carbocycles. The molecule has 2 N–H and O–H groups in total. The van der Waals surface area contributed by atoms with Gasteiger partial charge in [-0.15, -0.1) is 0 Å². The van der Waals surface area contributed by atoms with E-state index in [1.165, 1.54) is 0 Å². The summed E-state index contributed by atoms with van der Waals surface area (Å²) in [7, 11) is 3.43. The summed E-state index contributed by atoms with van der Waals surface area (Å²) in [5, 5.41) is 0. The van der Waals surface area contributed by atoms with E-state index in [-0.39, 0.29) is 11.9 Å². The van der Waals surface area contributed by atoms with Gasteiger partial charge in [0.25, 0.3) is 0 Å². The van der Waals surface area contributed by atoms with Gasteiger partial charge in [-0.05, 0) is 36.6 Å². The van der Waals surface area contributed by atoms with Crippen LogP contribution in [-0.2, 0) is 4.79 Å². The van der Waals surface area contributed by atoms with E-state index in [1.807, 2.05) is 31.3 Å². The van der Waals surface area contributed by atoms with E-state index in [2.05, 4.69) is 13.8 Å². The third kappa shape index (κ3) is 6.35. The zero-order valence-corrected chi connectivity index (χ0v) is 14.0. The van der Waals surface area contributed by atoms with Crippen molar-refractivity contribution in [2.24, 2.45) is 11.7 Å². The molecule has 0 saturated heterocycles. The Morgan fingerprint density at radius 2 is 1.82 bits per heavy atom. The molecular formula is C17H28N2O3. The minimum atomic E-state index is 0.0736. The van der Waals surface area contributed by atoms with Gasteiger partial charge in [0.2, 0.25) is 5.91 Å². The SMILES string of the molecule is COc1ccc(OCCC(=O)N(C)CCC(N)C(C)C)cc1. The number of nitrogens with zero attached hydrogens (tertiary/aromatic N) is 1. The van der Waals surface area contributed by atoms with E-state index >= 15 is 0 Å². The van der Waals surface area contributed by atoms with Crippen molar-refractivity contribution >= 4 is 5.91 Å². The minimum absolute atomic E-state index is 0.0736. The number of hydrogen-bond acceptors (Lipinski definition) is 4. The van der Waals surface area contributed by atoms with Crippen molar-refractivity contribution in [1.29, 1.82) is 0 Å². The lowest BCUT2D eigenvalue weighted by molar-refractivity contribution is -0.130. The minimum Gasteiger partial charge on any atom is -0.497 e. The summed E-state index contributed by atoms with van der Waals surface area (Å²) in [6.45, 7) is 5.23. The zero-order chi connectivity index (χ0) is 16.5. The number of hydrogen-bond donors (Lipinski definition) is 1. The van der Waals surface area contributed by atoms with Gasteiger partial charge in [0.05, 0.1) is 20.1 Å². The highest BCUT2D eigenvalue weighted by molar-refractivity contribution is 5.75. The fourth-order valence-electron chi connectivity index (χ4n) is 1.92. The van der Waals surface area contributed by atoms with Crippen LogP contribution in [0.1, 0.15) is 26.7 Å². The van der Waals surface area contributed by atoms with Gasteiger partial charge >= 0.3 is 0 Å². The normalized spacial score (nSPS) is 12.1. The van der Waals surface area contributed by atoms with Gasteiger partial charge in [0, 0.05) is 19.6 Å². The predicted molar refractivity (Wildman–Crippen MR) is 88.2 cm³/mol. The molecule has 1 aromatic rings. The summed E-state index contributed by atoms with van der Waals surface area (Å²) in [6, 6.07) is 7.45. The summed E-state index contributed by atoms with van der Waals surface area (Å²) in [5.41, 5.74) is 5.99. The average molecular weight is 308 g/mol. The van der Waals surface area contributed by atoms with E-state index in [4.69, 9.17) is 15.2 Å². The number of rotatable bonds is 9. The van der Waals surface area contributed by atoms with Crippen LogP contribution < -0.4 is 15.2 Å². The Morgan fingerprint density at radius 3 is 2.36 bits per heavy atom. The maximum absolute atomic E-state index is 12.0. The van der Waals surface area contributed by atoms with Crippen LogP contribution in [0.15, 0.2) is 24.3 Å². The van der Waals surface area contributed by atoms with Gasteiger partial charge in [-0.3, -0.25) is 4.79 Å². The van der Waals surface area contributed by atoms with Gasteiger partial charge in [-0.2, -0.15) is 0 Å². The lowest BCUT2D eigenvalue weighted by atomic mass is 10.0. The fraction of sp³-hybridized carbons (Fsp3) is 0.588. The molecule has 22 heavy (non-hydrogen) atoms.